The molecule has 3 aliphatic heterocycles. The first-order chi connectivity index (χ1) is 21.2. The van der Waals surface area contributed by atoms with E-state index in [0.29, 0.717) is 0 Å². The van der Waals surface area contributed by atoms with Gasteiger partial charge in [0.05, 0.1) is 33.0 Å². The maximum absolute atomic E-state index is 10.7. The molecule has 0 aromatic carbocycles. The van der Waals surface area contributed by atoms with Crippen molar-refractivity contribution in [3.8, 4) is 0 Å². The topological polar surface area (TPSA) is 359 Å². The van der Waals surface area contributed by atoms with Crippen LogP contribution in [0.4, 0.5) is 0 Å². The van der Waals surface area contributed by atoms with E-state index in [0.717, 1.165) is 0 Å². The van der Waals surface area contributed by atoms with Gasteiger partial charge in [0.15, 0.2) is 18.9 Å². The summed E-state index contributed by atoms with van der Waals surface area (Å²) in [6, 6.07) is 0. The molecule has 21 heteroatoms. The van der Waals surface area contributed by atoms with Crippen molar-refractivity contribution in [3.05, 3.63) is 0 Å². The molecule has 3 fully saturated rings. The Kier molecular flexibility index (Phi) is 14.6. The molecule has 266 valence electrons. The highest BCUT2D eigenvalue weighted by Crippen LogP contribution is 2.30. The lowest BCUT2D eigenvalue weighted by Crippen LogP contribution is -2.65. The Bertz CT molecular complexity index is 869. The molecule has 3 saturated heterocycles. The fourth-order valence-electron chi connectivity index (χ4n) is 4.93. The smallest absolute Gasteiger partial charge is 0.187 e. The minimum atomic E-state index is -2.01. The molecule has 3 aliphatic rings. The third-order valence-corrected chi connectivity index (χ3v) is 7.81. The van der Waals surface area contributed by atoms with Crippen molar-refractivity contribution >= 4 is 0 Å². The summed E-state index contributed by atoms with van der Waals surface area (Å²) in [7, 11) is 0. The number of hydrogen-bond donors (Lipinski definition) is 15. The molecular formula is C24H44O21. The molecule has 0 saturated carbocycles. The zero-order valence-electron chi connectivity index (χ0n) is 23.7. The van der Waals surface area contributed by atoms with Gasteiger partial charge in [-0.15, -0.1) is 0 Å². The van der Waals surface area contributed by atoms with Crippen molar-refractivity contribution in [3.63, 3.8) is 0 Å². The number of hydrogen-bond acceptors (Lipinski definition) is 21. The molecule has 21 nitrogen and oxygen atoms in total. The lowest BCUT2D eigenvalue weighted by Gasteiger charge is -2.46. The molecule has 3 heterocycles. The normalized spacial score (nSPS) is 45.5. The fraction of sp³-hybridized carbons (Fsp3) is 1.00. The van der Waals surface area contributed by atoms with Crippen LogP contribution < -0.4 is 0 Å². The van der Waals surface area contributed by atoms with Crippen molar-refractivity contribution in [1.82, 2.24) is 0 Å². The third kappa shape index (κ3) is 8.80. The van der Waals surface area contributed by atoms with E-state index in [4.69, 9.17) is 33.5 Å². The third-order valence-electron chi connectivity index (χ3n) is 7.81. The molecule has 0 aliphatic carbocycles. The van der Waals surface area contributed by atoms with Crippen LogP contribution in [0.2, 0.25) is 0 Å². The first-order valence-corrected chi connectivity index (χ1v) is 14.0. The maximum atomic E-state index is 10.7. The second-order valence-electron chi connectivity index (χ2n) is 11.0. The van der Waals surface area contributed by atoms with Crippen LogP contribution in [-0.2, 0) is 28.4 Å². The monoisotopic (exact) mass is 668 g/mol. The Morgan fingerprint density at radius 2 is 0.956 bits per heavy atom. The Hall–Kier alpha value is -0.840. The van der Waals surface area contributed by atoms with Gasteiger partial charge in [0.2, 0.25) is 0 Å². The Morgan fingerprint density at radius 3 is 1.53 bits per heavy atom. The number of aliphatic hydroxyl groups is 15. The predicted molar refractivity (Wildman–Crippen MR) is 136 cm³/mol. The van der Waals surface area contributed by atoms with E-state index in [1.165, 1.54) is 0 Å². The Labute approximate surface area is 255 Å². The van der Waals surface area contributed by atoms with Crippen molar-refractivity contribution in [2.75, 3.05) is 33.0 Å². The summed E-state index contributed by atoms with van der Waals surface area (Å²) in [4.78, 5) is 0. The SMILES string of the molecule is OC[C@H](O)[C@@H](O)[C@@H](O)[C@H](O)CO[C@H]1O[C@H](CO[C@@H]2O[C@H](CO)[C@@H](O[C@@H]3O[C@H](CO)[C@@H](O)[C@H](O)[C@H]3O)[C@H](O)[C@H]2O)[C@@H](O)[C@H](O)[C@H]1O. The van der Waals surface area contributed by atoms with Gasteiger partial charge in [-0.05, 0) is 0 Å². The highest BCUT2D eigenvalue weighted by Gasteiger charge is 2.51. The van der Waals surface area contributed by atoms with Crippen LogP contribution in [0.25, 0.3) is 0 Å². The average Bonchev–Trinajstić information content (AvgIpc) is 3.04. The number of rotatable bonds is 14. The van der Waals surface area contributed by atoms with Gasteiger partial charge in [0.25, 0.3) is 0 Å². The largest absolute Gasteiger partial charge is 0.394 e. The van der Waals surface area contributed by atoms with E-state index in [1.807, 2.05) is 0 Å². The van der Waals surface area contributed by atoms with Crippen LogP contribution >= 0.6 is 0 Å². The van der Waals surface area contributed by atoms with Crippen LogP contribution in [-0.4, -0.2) is 226 Å². The molecule has 0 radical (unpaired) electrons. The molecule has 0 aromatic heterocycles. The highest BCUT2D eigenvalue weighted by molar-refractivity contribution is 4.95. The second-order valence-corrected chi connectivity index (χ2v) is 11.0. The molecule has 45 heavy (non-hydrogen) atoms. The zero-order chi connectivity index (χ0) is 33.7. The number of ether oxygens (including phenoxy) is 6. The van der Waals surface area contributed by atoms with Crippen molar-refractivity contribution in [1.29, 1.82) is 0 Å². The van der Waals surface area contributed by atoms with Gasteiger partial charge in [-0.3, -0.25) is 0 Å². The summed E-state index contributed by atoms with van der Waals surface area (Å²) in [6.07, 6.45) is -33.7. The van der Waals surface area contributed by atoms with Crippen LogP contribution in [0.1, 0.15) is 0 Å². The minimum absolute atomic E-state index is 0.706. The molecule has 0 unspecified atom stereocenters. The summed E-state index contributed by atoms with van der Waals surface area (Å²) in [5.74, 6) is 0. The molecular weight excluding hydrogens is 624 g/mol. The summed E-state index contributed by atoms with van der Waals surface area (Å²) in [5, 5.41) is 150. The minimum Gasteiger partial charge on any atom is -0.394 e. The lowest BCUT2D eigenvalue weighted by molar-refractivity contribution is -0.364. The Morgan fingerprint density at radius 1 is 0.489 bits per heavy atom. The summed E-state index contributed by atoms with van der Waals surface area (Å²) < 4.78 is 32.1. The van der Waals surface area contributed by atoms with Crippen LogP contribution in [0.5, 0.6) is 0 Å². The predicted octanol–water partition coefficient (Wildman–Crippen LogP) is -10.1. The van der Waals surface area contributed by atoms with Crippen molar-refractivity contribution in [2.24, 2.45) is 0 Å². The van der Waals surface area contributed by atoms with E-state index in [1.54, 1.807) is 0 Å². The molecule has 15 N–H and O–H groups in total. The van der Waals surface area contributed by atoms with Gasteiger partial charge in [-0.2, -0.15) is 0 Å². The second kappa shape index (κ2) is 17.0. The fourth-order valence-corrected chi connectivity index (χ4v) is 4.93. The molecule has 0 bridgehead atoms. The molecule has 0 amide bonds. The van der Waals surface area contributed by atoms with E-state index < -0.39 is 150 Å². The summed E-state index contributed by atoms with van der Waals surface area (Å²) in [6.45, 7) is -4.10. The van der Waals surface area contributed by atoms with Gasteiger partial charge >= 0.3 is 0 Å². The average molecular weight is 669 g/mol. The maximum Gasteiger partial charge on any atom is 0.187 e. The van der Waals surface area contributed by atoms with Gasteiger partial charge < -0.3 is 105 Å². The van der Waals surface area contributed by atoms with Crippen LogP contribution in [0.15, 0.2) is 0 Å². The first-order valence-electron chi connectivity index (χ1n) is 14.0. The lowest BCUT2D eigenvalue weighted by atomic mass is 9.97. The van der Waals surface area contributed by atoms with Gasteiger partial charge in [0.1, 0.15) is 97.7 Å². The quantitative estimate of drug-likeness (QED) is 0.0816. The molecule has 19 atom stereocenters. The zero-order valence-corrected chi connectivity index (χ0v) is 23.7. The van der Waals surface area contributed by atoms with Crippen LogP contribution in [0, 0.1) is 0 Å². The van der Waals surface area contributed by atoms with E-state index >= 15 is 0 Å². The molecule has 3 rings (SSSR count). The van der Waals surface area contributed by atoms with Gasteiger partial charge in [0, 0.05) is 0 Å². The molecule has 0 aromatic rings. The summed E-state index contributed by atoms with van der Waals surface area (Å²) in [5.41, 5.74) is 0. The van der Waals surface area contributed by atoms with Crippen molar-refractivity contribution in [2.45, 2.75) is 117 Å². The van der Waals surface area contributed by atoms with E-state index in [2.05, 4.69) is 0 Å². The Balaban J connectivity index is 1.60. The first kappa shape index (κ1) is 38.6. The van der Waals surface area contributed by atoms with Crippen molar-refractivity contribution < 1.29 is 105 Å². The van der Waals surface area contributed by atoms with E-state index in [-0.39, 0.29) is 0 Å². The molecule has 0 spiro atoms. The highest BCUT2D eigenvalue weighted by atomic mass is 16.8. The van der Waals surface area contributed by atoms with E-state index in [9.17, 15) is 71.5 Å². The standard InChI is InChI=1S/C24H44O21/c25-1-6(28)11(30)12(31)7(29)4-40-22-18(37)16(35)14(33)10(44-22)5-41-23-20(39)17(36)21(9(3-27)43-23)45-24-19(38)15(34)13(32)8(2-26)42-24/h6-39H,1-5H2/t6-,7+,8+,9+,10+,11+,12-,13+,14+,15-,16-,17+,18+,19+,20+,21+,22-,23+,24-/m0/s1. The number of aliphatic hydroxyl groups excluding tert-OH is 15. The van der Waals surface area contributed by atoms with Gasteiger partial charge in [-0.1, -0.05) is 0 Å². The summed E-state index contributed by atoms with van der Waals surface area (Å²) >= 11 is 0. The van der Waals surface area contributed by atoms with Gasteiger partial charge in [-0.25, -0.2) is 0 Å². The van der Waals surface area contributed by atoms with Crippen LogP contribution in [0.3, 0.4) is 0 Å².